The minimum absolute atomic E-state index is 0.000453. The minimum Gasteiger partial charge on any atom is -0.505 e. The Bertz CT molecular complexity index is 1020. The molecule has 11 heteroatoms. The SMILES string of the molecule is CN1C(C(=O)Nc2cncc(Cl)n2)=C(O)c2cc(Cl)ccc2S1(=O)=O. The van der Waals surface area contributed by atoms with Gasteiger partial charge >= 0.3 is 0 Å². The molecule has 1 aromatic heterocycles. The van der Waals surface area contributed by atoms with Crippen molar-refractivity contribution in [1.29, 1.82) is 0 Å². The number of aliphatic hydroxyl groups excluding tert-OH is 1. The van der Waals surface area contributed by atoms with E-state index in [1.807, 2.05) is 0 Å². The molecule has 1 aliphatic heterocycles. The lowest BCUT2D eigenvalue weighted by molar-refractivity contribution is -0.113. The van der Waals surface area contributed by atoms with E-state index in [1.165, 1.54) is 30.6 Å². The van der Waals surface area contributed by atoms with Crippen molar-refractivity contribution in [2.75, 3.05) is 12.4 Å². The smallest absolute Gasteiger partial charge is 0.278 e. The Morgan fingerprint density at radius 1 is 1.28 bits per heavy atom. The maximum atomic E-state index is 12.6. The lowest BCUT2D eigenvalue weighted by Gasteiger charge is -2.28. The zero-order valence-electron chi connectivity index (χ0n) is 12.6. The molecule has 1 amide bonds. The third kappa shape index (κ3) is 3.01. The van der Waals surface area contributed by atoms with Crippen LogP contribution in [0, 0.1) is 0 Å². The maximum absolute atomic E-state index is 12.6. The van der Waals surface area contributed by atoms with Gasteiger partial charge in [0.2, 0.25) is 0 Å². The van der Waals surface area contributed by atoms with E-state index in [0.717, 1.165) is 7.05 Å². The number of aliphatic hydroxyl groups is 1. The molecule has 0 saturated carbocycles. The Labute approximate surface area is 152 Å². The number of halogens is 2. The molecule has 130 valence electrons. The van der Waals surface area contributed by atoms with Gasteiger partial charge in [-0.05, 0) is 18.2 Å². The molecule has 0 spiro atoms. The van der Waals surface area contributed by atoms with Crippen LogP contribution in [0.2, 0.25) is 10.2 Å². The molecule has 8 nitrogen and oxygen atoms in total. The van der Waals surface area contributed by atoms with Crippen LogP contribution in [0.1, 0.15) is 5.56 Å². The summed E-state index contributed by atoms with van der Waals surface area (Å²) in [4.78, 5) is 19.9. The van der Waals surface area contributed by atoms with Gasteiger partial charge in [0.25, 0.3) is 15.9 Å². The first-order valence-corrected chi connectivity index (χ1v) is 8.92. The Morgan fingerprint density at radius 3 is 2.68 bits per heavy atom. The molecular weight excluding hydrogens is 391 g/mol. The Balaban J connectivity index is 2.10. The minimum atomic E-state index is -4.03. The number of hydrogen-bond acceptors (Lipinski definition) is 6. The van der Waals surface area contributed by atoms with Crippen LogP contribution in [-0.4, -0.2) is 40.8 Å². The third-order valence-electron chi connectivity index (χ3n) is 3.44. The van der Waals surface area contributed by atoms with Crippen LogP contribution in [0.4, 0.5) is 5.82 Å². The number of aromatic nitrogens is 2. The van der Waals surface area contributed by atoms with E-state index in [4.69, 9.17) is 23.2 Å². The van der Waals surface area contributed by atoms with Crippen molar-refractivity contribution in [2.45, 2.75) is 4.90 Å². The van der Waals surface area contributed by atoms with Crippen LogP contribution in [-0.2, 0) is 14.8 Å². The van der Waals surface area contributed by atoms with Gasteiger partial charge < -0.3 is 10.4 Å². The van der Waals surface area contributed by atoms with Gasteiger partial charge in [-0.1, -0.05) is 23.2 Å². The van der Waals surface area contributed by atoms with E-state index in [0.29, 0.717) is 4.31 Å². The Hall–Kier alpha value is -2.36. The van der Waals surface area contributed by atoms with Gasteiger partial charge in [-0.2, -0.15) is 0 Å². The molecule has 1 aromatic carbocycles. The average Bonchev–Trinajstić information content (AvgIpc) is 2.53. The van der Waals surface area contributed by atoms with E-state index in [9.17, 15) is 18.3 Å². The van der Waals surface area contributed by atoms with Gasteiger partial charge in [-0.3, -0.25) is 14.1 Å². The number of anilines is 1. The van der Waals surface area contributed by atoms with E-state index in [-0.39, 0.29) is 26.5 Å². The fraction of sp³-hybridized carbons (Fsp3) is 0.0714. The highest BCUT2D eigenvalue weighted by Crippen LogP contribution is 2.36. The topological polar surface area (TPSA) is 112 Å². The Kier molecular flexibility index (Phi) is 4.31. The van der Waals surface area contributed by atoms with Gasteiger partial charge in [-0.15, -0.1) is 0 Å². The number of rotatable bonds is 2. The molecule has 1 aliphatic rings. The van der Waals surface area contributed by atoms with Crippen LogP contribution < -0.4 is 5.32 Å². The molecule has 0 saturated heterocycles. The van der Waals surface area contributed by atoms with Crippen LogP contribution >= 0.6 is 23.2 Å². The number of sulfonamides is 1. The van der Waals surface area contributed by atoms with Crippen molar-refractivity contribution >= 4 is 50.7 Å². The Morgan fingerprint density at radius 2 is 2.00 bits per heavy atom. The number of nitrogens with zero attached hydrogens (tertiary/aromatic N) is 3. The van der Waals surface area contributed by atoms with Crippen molar-refractivity contribution in [3.05, 3.63) is 52.0 Å². The number of benzene rings is 1. The number of nitrogens with one attached hydrogen (secondary N) is 1. The summed E-state index contributed by atoms with van der Waals surface area (Å²) in [6, 6.07) is 3.91. The van der Waals surface area contributed by atoms with E-state index >= 15 is 0 Å². The first-order chi connectivity index (χ1) is 11.7. The standard InChI is InChI=1S/C14H10Cl2N4O4S/c1-20-12(14(22)19-11-6-17-5-10(16)18-11)13(21)8-4-7(15)2-3-9(8)25(20,23)24/h2-6,21H,1H3,(H,18,19,22). The predicted octanol–water partition coefficient (Wildman–Crippen LogP) is 2.28. The largest absolute Gasteiger partial charge is 0.505 e. The molecule has 0 bridgehead atoms. The van der Waals surface area contributed by atoms with Gasteiger partial charge in [0.05, 0.1) is 17.3 Å². The van der Waals surface area contributed by atoms with E-state index in [2.05, 4.69) is 15.3 Å². The molecule has 0 atom stereocenters. The van der Waals surface area contributed by atoms with Crippen LogP contribution in [0.25, 0.3) is 5.76 Å². The highest BCUT2D eigenvalue weighted by molar-refractivity contribution is 7.89. The molecule has 2 N–H and O–H groups in total. The molecule has 0 fully saturated rings. The highest BCUT2D eigenvalue weighted by Gasteiger charge is 2.38. The van der Waals surface area contributed by atoms with Crippen molar-refractivity contribution in [3.8, 4) is 0 Å². The summed E-state index contributed by atoms with van der Waals surface area (Å²) in [6.45, 7) is 0. The molecule has 3 rings (SSSR count). The number of hydrogen-bond donors (Lipinski definition) is 2. The fourth-order valence-electron chi connectivity index (χ4n) is 2.29. The summed E-state index contributed by atoms with van der Waals surface area (Å²) >= 11 is 11.6. The normalized spacial score (nSPS) is 15.7. The van der Waals surface area contributed by atoms with Crippen molar-refractivity contribution in [1.82, 2.24) is 14.3 Å². The van der Waals surface area contributed by atoms with Crippen molar-refractivity contribution in [3.63, 3.8) is 0 Å². The number of amides is 1. The summed E-state index contributed by atoms with van der Waals surface area (Å²) in [6.07, 6.45) is 2.49. The summed E-state index contributed by atoms with van der Waals surface area (Å²) in [7, 11) is -2.88. The molecule has 0 unspecified atom stereocenters. The van der Waals surface area contributed by atoms with Crippen LogP contribution in [0.3, 0.4) is 0 Å². The molecule has 25 heavy (non-hydrogen) atoms. The second kappa shape index (κ2) is 6.17. The zero-order valence-corrected chi connectivity index (χ0v) is 14.9. The van der Waals surface area contributed by atoms with E-state index < -0.39 is 27.4 Å². The summed E-state index contributed by atoms with van der Waals surface area (Å²) in [5.74, 6) is -1.42. The first kappa shape index (κ1) is 17.5. The number of carbonyl (C=O) groups is 1. The number of likely N-dealkylation sites (N-methyl/N-ethyl adjacent to an activating group) is 1. The molecule has 2 aromatic rings. The lowest BCUT2D eigenvalue weighted by atomic mass is 10.1. The average molecular weight is 401 g/mol. The van der Waals surface area contributed by atoms with Gasteiger partial charge in [0.1, 0.15) is 5.15 Å². The fourth-order valence-corrected chi connectivity index (χ4v) is 3.98. The van der Waals surface area contributed by atoms with Gasteiger partial charge in [-0.25, -0.2) is 13.4 Å². The van der Waals surface area contributed by atoms with Crippen LogP contribution in [0.15, 0.2) is 41.2 Å². The van der Waals surface area contributed by atoms with Gasteiger partial charge in [0.15, 0.2) is 17.3 Å². The van der Waals surface area contributed by atoms with Crippen molar-refractivity contribution < 1.29 is 18.3 Å². The quantitative estimate of drug-likeness (QED) is 0.799. The third-order valence-corrected chi connectivity index (χ3v) is 5.67. The van der Waals surface area contributed by atoms with Gasteiger partial charge in [0, 0.05) is 17.6 Å². The summed E-state index contributed by atoms with van der Waals surface area (Å²) < 4.78 is 25.9. The molecular formula is C14H10Cl2N4O4S. The summed E-state index contributed by atoms with van der Waals surface area (Å²) in [5, 5.41) is 13.0. The lowest BCUT2D eigenvalue weighted by Crippen LogP contribution is -2.37. The molecule has 0 aliphatic carbocycles. The molecule has 0 radical (unpaired) electrons. The van der Waals surface area contributed by atoms with Crippen LogP contribution in [0.5, 0.6) is 0 Å². The predicted molar refractivity (Wildman–Crippen MR) is 91.6 cm³/mol. The number of carbonyl (C=O) groups excluding carboxylic acids is 1. The highest BCUT2D eigenvalue weighted by atomic mass is 35.5. The van der Waals surface area contributed by atoms with E-state index in [1.54, 1.807) is 0 Å². The maximum Gasteiger partial charge on any atom is 0.278 e. The second-order valence-corrected chi connectivity index (χ2v) is 7.75. The number of fused-ring (bicyclic) bond motifs is 1. The zero-order chi connectivity index (χ0) is 18.4. The second-order valence-electron chi connectivity index (χ2n) is 4.99. The summed E-state index contributed by atoms with van der Waals surface area (Å²) in [5.41, 5.74) is -0.538. The van der Waals surface area contributed by atoms with Crippen molar-refractivity contribution in [2.24, 2.45) is 0 Å². The molecule has 2 heterocycles. The first-order valence-electron chi connectivity index (χ1n) is 6.73. The monoisotopic (exact) mass is 400 g/mol.